The summed E-state index contributed by atoms with van der Waals surface area (Å²) in [6.07, 6.45) is 4.61. The van der Waals surface area contributed by atoms with Crippen molar-refractivity contribution in [3.8, 4) is 5.75 Å². The molecule has 0 spiro atoms. The number of aromatic nitrogens is 2. The van der Waals surface area contributed by atoms with Crippen molar-refractivity contribution in [3.63, 3.8) is 0 Å². The smallest absolute Gasteiger partial charge is 0.226 e. The monoisotopic (exact) mass is 287 g/mol. The molecule has 21 heavy (non-hydrogen) atoms. The van der Waals surface area contributed by atoms with E-state index in [4.69, 9.17) is 15.0 Å². The molecule has 5 nitrogen and oxygen atoms in total. The molecule has 2 N–H and O–H groups in total. The minimum Gasteiger partial charge on any atom is -0.497 e. The largest absolute Gasteiger partial charge is 0.497 e. The Balaban J connectivity index is 2.02. The van der Waals surface area contributed by atoms with Crippen molar-refractivity contribution in [2.24, 2.45) is 5.73 Å². The van der Waals surface area contributed by atoms with Gasteiger partial charge in [0.05, 0.1) is 7.11 Å². The van der Waals surface area contributed by atoms with Crippen LogP contribution >= 0.6 is 0 Å². The molecular weight excluding hydrogens is 266 g/mol. The van der Waals surface area contributed by atoms with Gasteiger partial charge in [0.2, 0.25) is 5.89 Å². The van der Waals surface area contributed by atoms with Gasteiger partial charge in [-0.1, -0.05) is 18.1 Å². The molecule has 1 aromatic carbocycles. The third-order valence-electron chi connectivity index (χ3n) is 4.14. The Morgan fingerprint density at radius 3 is 3.05 bits per heavy atom. The number of hydrogen-bond acceptors (Lipinski definition) is 5. The fourth-order valence-electron chi connectivity index (χ4n) is 3.02. The molecule has 2 aromatic rings. The number of fused-ring (bicyclic) bond motifs is 1. The average molecular weight is 287 g/mol. The highest BCUT2D eigenvalue weighted by atomic mass is 16.5. The first-order valence-corrected chi connectivity index (χ1v) is 7.46. The molecule has 3 rings (SSSR count). The van der Waals surface area contributed by atoms with Crippen molar-refractivity contribution in [2.75, 3.05) is 7.11 Å². The van der Waals surface area contributed by atoms with Crippen LogP contribution in [0, 0.1) is 0 Å². The Morgan fingerprint density at radius 2 is 2.29 bits per heavy atom. The average Bonchev–Trinajstić information content (AvgIpc) is 2.97. The van der Waals surface area contributed by atoms with Crippen molar-refractivity contribution in [2.45, 2.75) is 44.6 Å². The molecule has 0 saturated carbocycles. The van der Waals surface area contributed by atoms with Crippen LogP contribution in [0.3, 0.4) is 0 Å². The number of methoxy groups -OCH3 is 1. The lowest BCUT2D eigenvalue weighted by molar-refractivity contribution is 0.347. The number of ether oxygens (including phenoxy) is 1. The number of hydrogen-bond donors (Lipinski definition) is 1. The van der Waals surface area contributed by atoms with Crippen molar-refractivity contribution in [1.29, 1.82) is 0 Å². The van der Waals surface area contributed by atoms with Gasteiger partial charge in [-0.3, -0.25) is 0 Å². The standard InChI is InChI=1S/C16H21N3O2/c1-3-5-14-18-15(19-21-14)16(17)9-4-6-11-10-12(20-2)7-8-13(11)16/h7-8,10H,3-6,9,17H2,1-2H3. The van der Waals surface area contributed by atoms with Crippen LogP contribution in [-0.4, -0.2) is 17.3 Å². The van der Waals surface area contributed by atoms with E-state index in [0.717, 1.165) is 43.4 Å². The van der Waals surface area contributed by atoms with E-state index in [9.17, 15) is 0 Å². The minimum absolute atomic E-state index is 0.595. The zero-order chi connectivity index (χ0) is 14.9. The van der Waals surface area contributed by atoms with Crippen molar-refractivity contribution in [1.82, 2.24) is 10.1 Å². The molecule has 112 valence electrons. The zero-order valence-corrected chi connectivity index (χ0v) is 12.6. The Bertz CT molecular complexity index is 638. The van der Waals surface area contributed by atoms with Crippen molar-refractivity contribution >= 4 is 0 Å². The number of nitrogens with two attached hydrogens (primary N) is 1. The fourth-order valence-corrected chi connectivity index (χ4v) is 3.02. The molecule has 1 heterocycles. The summed E-state index contributed by atoms with van der Waals surface area (Å²) in [5, 5.41) is 4.13. The lowest BCUT2D eigenvalue weighted by Gasteiger charge is -2.33. The van der Waals surface area contributed by atoms with Crippen LogP contribution in [0.4, 0.5) is 0 Å². The Morgan fingerprint density at radius 1 is 1.43 bits per heavy atom. The van der Waals surface area contributed by atoms with Crippen LogP contribution in [-0.2, 0) is 18.4 Å². The van der Waals surface area contributed by atoms with Gasteiger partial charge >= 0.3 is 0 Å². The van der Waals surface area contributed by atoms with E-state index in [0.29, 0.717) is 11.7 Å². The molecule has 1 unspecified atom stereocenters. The third-order valence-corrected chi connectivity index (χ3v) is 4.14. The first-order valence-electron chi connectivity index (χ1n) is 7.46. The summed E-state index contributed by atoms with van der Waals surface area (Å²) in [4.78, 5) is 4.50. The van der Waals surface area contributed by atoms with Gasteiger partial charge in [-0.05, 0) is 48.9 Å². The maximum atomic E-state index is 6.67. The Kier molecular flexibility index (Phi) is 3.68. The van der Waals surface area contributed by atoms with Gasteiger partial charge in [-0.15, -0.1) is 0 Å². The topological polar surface area (TPSA) is 74.2 Å². The Hall–Kier alpha value is -1.88. The molecule has 1 aliphatic carbocycles. The van der Waals surface area contributed by atoms with Crippen LogP contribution in [0.1, 0.15) is 49.0 Å². The molecular formula is C16H21N3O2. The van der Waals surface area contributed by atoms with Gasteiger partial charge in [-0.2, -0.15) is 4.98 Å². The van der Waals surface area contributed by atoms with Gasteiger partial charge in [0.15, 0.2) is 5.82 Å². The maximum Gasteiger partial charge on any atom is 0.226 e. The molecule has 1 aliphatic rings. The Labute approximate surface area is 124 Å². The van der Waals surface area contributed by atoms with Crippen molar-refractivity contribution in [3.05, 3.63) is 41.0 Å². The number of benzene rings is 1. The SMILES string of the molecule is CCCc1nc(C2(N)CCCc3cc(OC)ccc32)no1. The molecule has 1 atom stereocenters. The van der Waals surface area contributed by atoms with E-state index in [1.54, 1.807) is 7.11 Å². The highest BCUT2D eigenvalue weighted by Crippen LogP contribution is 2.38. The lowest BCUT2D eigenvalue weighted by Crippen LogP contribution is -2.42. The number of rotatable bonds is 4. The van der Waals surface area contributed by atoms with Gasteiger partial charge in [0.25, 0.3) is 0 Å². The van der Waals surface area contributed by atoms with Gasteiger partial charge in [0, 0.05) is 6.42 Å². The van der Waals surface area contributed by atoms with E-state index in [-0.39, 0.29) is 0 Å². The number of nitrogens with zero attached hydrogens (tertiary/aromatic N) is 2. The highest BCUT2D eigenvalue weighted by molar-refractivity contribution is 5.44. The van der Waals surface area contributed by atoms with Crippen LogP contribution in [0.25, 0.3) is 0 Å². The summed E-state index contributed by atoms with van der Waals surface area (Å²) < 4.78 is 10.6. The van der Waals surface area contributed by atoms with Gasteiger partial charge < -0.3 is 15.0 Å². The van der Waals surface area contributed by atoms with Crippen molar-refractivity contribution < 1.29 is 9.26 Å². The molecule has 0 aliphatic heterocycles. The zero-order valence-electron chi connectivity index (χ0n) is 12.6. The number of aryl methyl sites for hydroxylation is 2. The van der Waals surface area contributed by atoms with E-state index in [1.165, 1.54) is 5.56 Å². The van der Waals surface area contributed by atoms with E-state index in [2.05, 4.69) is 23.1 Å². The van der Waals surface area contributed by atoms with Gasteiger partial charge in [0.1, 0.15) is 11.3 Å². The lowest BCUT2D eigenvalue weighted by atomic mass is 9.76. The summed E-state index contributed by atoms with van der Waals surface area (Å²) in [7, 11) is 1.68. The molecule has 1 aromatic heterocycles. The van der Waals surface area contributed by atoms with E-state index >= 15 is 0 Å². The quantitative estimate of drug-likeness (QED) is 0.935. The normalized spacial score (nSPS) is 21.1. The predicted octanol–water partition coefficient (Wildman–Crippen LogP) is 2.57. The maximum absolute atomic E-state index is 6.67. The van der Waals surface area contributed by atoms with E-state index in [1.807, 2.05) is 12.1 Å². The first kappa shape index (κ1) is 14.1. The second-order valence-corrected chi connectivity index (χ2v) is 5.61. The van der Waals surface area contributed by atoms with Gasteiger partial charge in [-0.25, -0.2) is 0 Å². The molecule has 0 saturated heterocycles. The summed E-state index contributed by atoms with van der Waals surface area (Å²) in [5.74, 6) is 2.12. The first-order chi connectivity index (χ1) is 10.2. The molecule has 0 bridgehead atoms. The summed E-state index contributed by atoms with van der Waals surface area (Å²) in [5.41, 5.74) is 8.30. The van der Waals surface area contributed by atoms with Crippen LogP contribution in [0.2, 0.25) is 0 Å². The second kappa shape index (κ2) is 5.48. The summed E-state index contributed by atoms with van der Waals surface area (Å²) >= 11 is 0. The van der Waals surface area contributed by atoms with Crippen LogP contribution in [0.5, 0.6) is 5.75 Å². The molecule has 0 radical (unpaired) electrons. The van der Waals surface area contributed by atoms with E-state index < -0.39 is 5.54 Å². The molecule has 5 heteroatoms. The summed E-state index contributed by atoms with van der Waals surface area (Å²) in [6.45, 7) is 2.09. The summed E-state index contributed by atoms with van der Waals surface area (Å²) in [6, 6.07) is 6.03. The molecule has 0 amide bonds. The fraction of sp³-hybridized carbons (Fsp3) is 0.500. The van der Waals surface area contributed by atoms with Crippen LogP contribution < -0.4 is 10.5 Å². The highest BCUT2D eigenvalue weighted by Gasteiger charge is 2.38. The minimum atomic E-state index is -0.657. The third kappa shape index (κ3) is 2.42. The van der Waals surface area contributed by atoms with Crippen LogP contribution in [0.15, 0.2) is 22.7 Å². The molecule has 0 fully saturated rings. The predicted molar refractivity (Wildman–Crippen MR) is 79.2 cm³/mol. The second-order valence-electron chi connectivity index (χ2n) is 5.61.